The molecule has 3 rings (SSSR count). The molecule has 0 fully saturated rings. The van der Waals surface area contributed by atoms with Crippen LogP contribution in [0.5, 0.6) is 0 Å². The molecule has 2 aromatic carbocycles. The molecule has 8 nitrogen and oxygen atoms in total. The van der Waals surface area contributed by atoms with Crippen molar-refractivity contribution in [3.8, 4) is 0 Å². The number of ether oxygens (including phenoxy) is 1. The third kappa shape index (κ3) is 6.78. The van der Waals surface area contributed by atoms with E-state index in [1.165, 1.54) is 11.3 Å². The largest absolute Gasteiger partial charge is 0.454 e. The van der Waals surface area contributed by atoms with Crippen LogP contribution in [0.1, 0.15) is 25.6 Å². The van der Waals surface area contributed by atoms with Gasteiger partial charge in [0.1, 0.15) is 6.04 Å². The van der Waals surface area contributed by atoms with E-state index in [-0.39, 0.29) is 6.42 Å². The first-order chi connectivity index (χ1) is 15.5. The topological polar surface area (TPSA) is 114 Å². The number of carbonyl (C=O) groups excluding carboxylic acids is 4. The fourth-order valence-electron chi connectivity index (χ4n) is 2.74. The fourth-order valence-corrected chi connectivity index (χ4v) is 3.36. The monoisotopic (exact) mass is 451 g/mol. The van der Waals surface area contributed by atoms with Crippen LogP contribution in [-0.4, -0.2) is 36.3 Å². The second-order valence-corrected chi connectivity index (χ2v) is 7.62. The zero-order chi connectivity index (χ0) is 22.8. The van der Waals surface area contributed by atoms with Crippen molar-refractivity contribution in [1.29, 1.82) is 0 Å². The van der Waals surface area contributed by atoms with Crippen molar-refractivity contribution in [3.63, 3.8) is 0 Å². The Morgan fingerprint density at radius 2 is 1.50 bits per heavy atom. The molecule has 0 aliphatic heterocycles. The second-order valence-electron chi connectivity index (χ2n) is 6.67. The number of thiophene rings is 1. The zero-order valence-electron chi connectivity index (χ0n) is 16.9. The molecule has 1 heterocycles. The van der Waals surface area contributed by atoms with Crippen molar-refractivity contribution < 1.29 is 23.9 Å². The van der Waals surface area contributed by atoms with Gasteiger partial charge in [-0.05, 0) is 29.1 Å². The Bertz CT molecular complexity index is 1060. The van der Waals surface area contributed by atoms with E-state index < -0.39 is 36.3 Å². The minimum absolute atomic E-state index is 0.189. The smallest absolute Gasteiger partial charge is 0.329 e. The molecule has 0 radical (unpaired) electrons. The van der Waals surface area contributed by atoms with Crippen molar-refractivity contribution in [1.82, 2.24) is 16.2 Å². The molecule has 9 heteroatoms. The standard InChI is InChI=1S/C23H21N3O5S/c27-20(25-26-22(29)19-12-7-13-32-19)15-31-23(30)18(14-16-8-3-1-4-9-16)24-21(28)17-10-5-2-6-11-17/h1-13,18H,14-15H2,(H,24,28)(H,25,27)(H,26,29)/t18-/m0/s1. The van der Waals surface area contributed by atoms with E-state index in [9.17, 15) is 19.2 Å². The van der Waals surface area contributed by atoms with Gasteiger partial charge in [0.05, 0.1) is 4.88 Å². The first kappa shape index (κ1) is 22.7. The van der Waals surface area contributed by atoms with Gasteiger partial charge in [-0.25, -0.2) is 4.79 Å². The number of esters is 1. The van der Waals surface area contributed by atoms with Crippen LogP contribution in [0.15, 0.2) is 78.2 Å². The third-order valence-corrected chi connectivity index (χ3v) is 5.18. The van der Waals surface area contributed by atoms with Crippen LogP contribution in [0.2, 0.25) is 0 Å². The van der Waals surface area contributed by atoms with Crippen LogP contribution in [0.25, 0.3) is 0 Å². The highest BCUT2D eigenvalue weighted by atomic mass is 32.1. The maximum absolute atomic E-state index is 12.6. The van der Waals surface area contributed by atoms with Crippen molar-refractivity contribution in [2.45, 2.75) is 12.5 Å². The van der Waals surface area contributed by atoms with E-state index >= 15 is 0 Å². The van der Waals surface area contributed by atoms with E-state index in [1.54, 1.807) is 47.8 Å². The van der Waals surface area contributed by atoms with Gasteiger partial charge in [-0.3, -0.25) is 25.2 Å². The Kier molecular flexibility index (Phi) is 8.10. The van der Waals surface area contributed by atoms with Crippen LogP contribution in [0.3, 0.4) is 0 Å². The molecule has 0 bridgehead atoms. The van der Waals surface area contributed by atoms with Gasteiger partial charge in [0.15, 0.2) is 6.61 Å². The van der Waals surface area contributed by atoms with Crippen molar-refractivity contribution in [2.24, 2.45) is 0 Å². The Morgan fingerprint density at radius 1 is 0.812 bits per heavy atom. The number of hydrazine groups is 1. The van der Waals surface area contributed by atoms with E-state index in [1.807, 2.05) is 30.3 Å². The normalized spacial score (nSPS) is 11.1. The van der Waals surface area contributed by atoms with Crippen molar-refractivity contribution >= 4 is 35.0 Å². The summed E-state index contributed by atoms with van der Waals surface area (Å²) in [6.07, 6.45) is 0.189. The van der Waals surface area contributed by atoms with Crippen LogP contribution in [0, 0.1) is 0 Å². The molecule has 3 aromatic rings. The quantitative estimate of drug-likeness (QED) is 0.359. The lowest BCUT2D eigenvalue weighted by Crippen LogP contribution is -2.46. The number of hydrogen-bond donors (Lipinski definition) is 3. The van der Waals surface area contributed by atoms with Gasteiger partial charge in [0.2, 0.25) is 0 Å². The summed E-state index contributed by atoms with van der Waals surface area (Å²) in [6.45, 7) is -0.615. The number of amides is 3. The number of carbonyl (C=O) groups is 4. The lowest BCUT2D eigenvalue weighted by atomic mass is 10.1. The average molecular weight is 452 g/mol. The maximum Gasteiger partial charge on any atom is 0.329 e. The van der Waals surface area contributed by atoms with Crippen LogP contribution in [0.4, 0.5) is 0 Å². The molecule has 32 heavy (non-hydrogen) atoms. The second kappa shape index (κ2) is 11.4. The highest BCUT2D eigenvalue weighted by molar-refractivity contribution is 7.12. The average Bonchev–Trinajstić information content (AvgIpc) is 3.37. The third-order valence-electron chi connectivity index (χ3n) is 4.31. The van der Waals surface area contributed by atoms with Gasteiger partial charge < -0.3 is 10.1 Å². The SMILES string of the molecule is O=C(COC(=O)[C@H](Cc1ccccc1)NC(=O)c1ccccc1)NNC(=O)c1cccs1. The summed E-state index contributed by atoms with van der Waals surface area (Å²) < 4.78 is 5.08. The van der Waals surface area contributed by atoms with Crippen LogP contribution < -0.4 is 16.2 Å². The van der Waals surface area contributed by atoms with Gasteiger partial charge in [-0.1, -0.05) is 54.6 Å². The summed E-state index contributed by atoms with van der Waals surface area (Å²) in [5, 5.41) is 4.39. The Labute approximate surface area is 188 Å². The van der Waals surface area contributed by atoms with Gasteiger partial charge in [0.25, 0.3) is 17.7 Å². The lowest BCUT2D eigenvalue weighted by molar-refractivity contribution is -0.150. The summed E-state index contributed by atoms with van der Waals surface area (Å²) in [5.41, 5.74) is 5.64. The van der Waals surface area contributed by atoms with E-state index in [0.29, 0.717) is 10.4 Å². The first-order valence-corrected chi connectivity index (χ1v) is 10.6. The molecule has 3 amide bonds. The van der Waals surface area contributed by atoms with E-state index in [4.69, 9.17) is 4.74 Å². The van der Waals surface area contributed by atoms with Crippen molar-refractivity contribution in [3.05, 3.63) is 94.2 Å². The number of hydrogen-bond acceptors (Lipinski definition) is 6. The zero-order valence-corrected chi connectivity index (χ0v) is 17.8. The fraction of sp³-hybridized carbons (Fsp3) is 0.130. The molecule has 0 aliphatic carbocycles. The molecule has 0 saturated heterocycles. The number of rotatable bonds is 8. The van der Waals surface area contributed by atoms with E-state index in [2.05, 4.69) is 16.2 Å². The number of benzene rings is 2. The molecule has 0 saturated carbocycles. The van der Waals surface area contributed by atoms with Gasteiger partial charge in [0, 0.05) is 12.0 Å². The molecular weight excluding hydrogens is 430 g/mol. The highest BCUT2D eigenvalue weighted by Gasteiger charge is 2.24. The molecule has 1 atom stereocenters. The molecule has 0 unspecified atom stereocenters. The molecule has 164 valence electrons. The minimum Gasteiger partial charge on any atom is -0.454 e. The van der Waals surface area contributed by atoms with Crippen molar-refractivity contribution in [2.75, 3.05) is 6.61 Å². The predicted molar refractivity (Wildman–Crippen MR) is 119 cm³/mol. The van der Waals surface area contributed by atoms with Gasteiger partial charge in [-0.15, -0.1) is 11.3 Å². The van der Waals surface area contributed by atoms with Crippen LogP contribution >= 0.6 is 11.3 Å². The molecule has 3 N–H and O–H groups in total. The summed E-state index contributed by atoms with van der Waals surface area (Å²) in [7, 11) is 0. The summed E-state index contributed by atoms with van der Waals surface area (Å²) >= 11 is 1.22. The van der Waals surface area contributed by atoms with E-state index in [0.717, 1.165) is 5.56 Å². The predicted octanol–water partition coefficient (Wildman–Crippen LogP) is 2.09. The first-order valence-electron chi connectivity index (χ1n) is 9.72. The van der Waals surface area contributed by atoms with Gasteiger partial charge >= 0.3 is 5.97 Å². The highest BCUT2D eigenvalue weighted by Crippen LogP contribution is 2.08. The molecular formula is C23H21N3O5S. The van der Waals surface area contributed by atoms with Gasteiger partial charge in [-0.2, -0.15) is 0 Å². The molecule has 0 spiro atoms. The lowest BCUT2D eigenvalue weighted by Gasteiger charge is -2.18. The minimum atomic E-state index is -1.00. The Morgan fingerprint density at radius 3 is 2.16 bits per heavy atom. The number of nitrogens with one attached hydrogen (secondary N) is 3. The molecule has 0 aliphatic rings. The summed E-state index contributed by atoms with van der Waals surface area (Å²) in [5.74, 6) is -2.39. The Hall–Kier alpha value is -3.98. The Balaban J connectivity index is 1.56. The molecule has 1 aromatic heterocycles. The summed E-state index contributed by atoms with van der Waals surface area (Å²) in [6, 6.07) is 19.9. The van der Waals surface area contributed by atoms with Crippen LogP contribution in [-0.2, 0) is 20.7 Å². The summed E-state index contributed by atoms with van der Waals surface area (Å²) in [4.78, 5) is 49.4. The maximum atomic E-state index is 12.6.